The van der Waals surface area contributed by atoms with Gasteiger partial charge in [0.25, 0.3) is 0 Å². The van der Waals surface area contributed by atoms with Crippen LogP contribution in [0.15, 0.2) is 0 Å². The van der Waals surface area contributed by atoms with E-state index in [9.17, 15) is 9.59 Å². The van der Waals surface area contributed by atoms with E-state index in [-0.39, 0.29) is 23.8 Å². The molecule has 3 unspecified atom stereocenters. The van der Waals surface area contributed by atoms with Crippen molar-refractivity contribution in [3.8, 4) is 0 Å². The SMILES string of the molecule is NC1CCCC2C(=O)OC(=O)C12. The first-order valence-corrected chi connectivity index (χ1v) is 4.21. The lowest BCUT2D eigenvalue weighted by molar-refractivity contribution is -0.153. The molecule has 1 aliphatic heterocycles. The smallest absolute Gasteiger partial charge is 0.319 e. The maximum Gasteiger partial charge on any atom is 0.319 e. The third-order valence-electron chi connectivity index (χ3n) is 2.72. The van der Waals surface area contributed by atoms with Crippen LogP contribution in [0.25, 0.3) is 0 Å². The van der Waals surface area contributed by atoms with E-state index in [1.807, 2.05) is 0 Å². The van der Waals surface area contributed by atoms with E-state index in [0.29, 0.717) is 0 Å². The number of rotatable bonds is 0. The standard InChI is InChI=1S/C8H11NO3/c9-5-3-1-2-4-6(5)8(11)12-7(4)10/h4-6H,1-3,9H2. The number of hydrogen-bond donors (Lipinski definition) is 1. The Bertz CT molecular complexity index is 238. The summed E-state index contributed by atoms with van der Waals surface area (Å²) in [4.78, 5) is 22.2. The van der Waals surface area contributed by atoms with Crippen LogP contribution in [0.1, 0.15) is 19.3 Å². The van der Waals surface area contributed by atoms with Gasteiger partial charge in [-0.2, -0.15) is 0 Å². The molecule has 1 saturated heterocycles. The predicted octanol–water partition coefficient (Wildman–Crippen LogP) is -0.187. The quantitative estimate of drug-likeness (QED) is 0.403. The van der Waals surface area contributed by atoms with E-state index in [2.05, 4.69) is 4.74 Å². The van der Waals surface area contributed by atoms with Crippen LogP contribution in [0.5, 0.6) is 0 Å². The van der Waals surface area contributed by atoms with E-state index in [1.54, 1.807) is 0 Å². The Morgan fingerprint density at radius 3 is 2.67 bits per heavy atom. The maximum atomic E-state index is 11.1. The fraction of sp³-hybridized carbons (Fsp3) is 0.750. The molecule has 1 saturated carbocycles. The fourth-order valence-electron chi connectivity index (χ4n) is 2.08. The Kier molecular flexibility index (Phi) is 1.65. The summed E-state index contributed by atoms with van der Waals surface area (Å²) in [6.07, 6.45) is 2.50. The molecule has 4 nitrogen and oxygen atoms in total. The van der Waals surface area contributed by atoms with Gasteiger partial charge in [0.15, 0.2) is 0 Å². The van der Waals surface area contributed by atoms with Gasteiger partial charge in [0.05, 0.1) is 11.8 Å². The third-order valence-corrected chi connectivity index (χ3v) is 2.72. The molecule has 3 atom stereocenters. The second-order valence-electron chi connectivity index (χ2n) is 3.47. The summed E-state index contributed by atoms with van der Waals surface area (Å²) in [6, 6.07) is -0.178. The molecule has 1 heterocycles. The molecule has 12 heavy (non-hydrogen) atoms. The first-order valence-electron chi connectivity index (χ1n) is 4.21. The molecule has 2 aliphatic rings. The highest BCUT2D eigenvalue weighted by Crippen LogP contribution is 2.35. The molecule has 2 fully saturated rings. The number of ether oxygens (including phenoxy) is 1. The Labute approximate surface area is 70.1 Å². The second kappa shape index (κ2) is 2.55. The zero-order valence-corrected chi connectivity index (χ0v) is 6.66. The van der Waals surface area contributed by atoms with Gasteiger partial charge >= 0.3 is 11.9 Å². The number of carbonyl (C=O) groups excluding carboxylic acids is 2. The molecule has 0 bridgehead atoms. The zero-order chi connectivity index (χ0) is 8.72. The summed E-state index contributed by atoms with van der Waals surface area (Å²) >= 11 is 0. The molecule has 4 heteroatoms. The topological polar surface area (TPSA) is 69.4 Å². The average Bonchev–Trinajstić information content (AvgIpc) is 2.29. The number of hydrogen-bond acceptors (Lipinski definition) is 4. The summed E-state index contributed by atoms with van der Waals surface area (Å²) in [7, 11) is 0. The van der Waals surface area contributed by atoms with Gasteiger partial charge in [0, 0.05) is 6.04 Å². The highest BCUT2D eigenvalue weighted by Gasteiger charge is 2.48. The lowest BCUT2D eigenvalue weighted by Crippen LogP contribution is -2.40. The number of carbonyl (C=O) groups is 2. The first-order chi connectivity index (χ1) is 5.70. The molecular formula is C8H11NO3. The summed E-state index contributed by atoms with van der Waals surface area (Å²) in [5.74, 6) is -1.40. The highest BCUT2D eigenvalue weighted by molar-refractivity contribution is 5.97. The summed E-state index contributed by atoms with van der Waals surface area (Å²) in [5.41, 5.74) is 5.72. The molecule has 66 valence electrons. The highest BCUT2D eigenvalue weighted by atomic mass is 16.6. The van der Waals surface area contributed by atoms with Gasteiger partial charge in [-0.25, -0.2) is 0 Å². The molecule has 1 aliphatic carbocycles. The number of fused-ring (bicyclic) bond motifs is 1. The molecule has 0 amide bonds. The van der Waals surface area contributed by atoms with Crippen molar-refractivity contribution < 1.29 is 14.3 Å². The van der Waals surface area contributed by atoms with E-state index < -0.39 is 5.97 Å². The van der Waals surface area contributed by atoms with E-state index in [1.165, 1.54) is 0 Å². The number of cyclic esters (lactones) is 2. The molecule has 2 rings (SSSR count). The van der Waals surface area contributed by atoms with Crippen molar-refractivity contribution >= 4 is 11.9 Å². The molecule has 0 aromatic carbocycles. The van der Waals surface area contributed by atoms with Crippen LogP contribution >= 0.6 is 0 Å². The second-order valence-corrected chi connectivity index (χ2v) is 3.47. The maximum absolute atomic E-state index is 11.1. The van der Waals surface area contributed by atoms with Crippen molar-refractivity contribution in [1.82, 2.24) is 0 Å². The molecule has 0 aromatic heterocycles. The Morgan fingerprint density at radius 1 is 1.25 bits per heavy atom. The Morgan fingerprint density at radius 2 is 2.00 bits per heavy atom. The van der Waals surface area contributed by atoms with Gasteiger partial charge in [-0.1, -0.05) is 6.42 Å². The average molecular weight is 169 g/mol. The van der Waals surface area contributed by atoms with Gasteiger partial charge in [-0.3, -0.25) is 9.59 Å². The van der Waals surface area contributed by atoms with Crippen molar-refractivity contribution in [2.75, 3.05) is 0 Å². The van der Waals surface area contributed by atoms with E-state index in [4.69, 9.17) is 5.73 Å². The number of nitrogens with two attached hydrogens (primary N) is 1. The minimum atomic E-state index is -0.419. The third kappa shape index (κ3) is 0.948. The Balaban J connectivity index is 2.24. The van der Waals surface area contributed by atoms with Crippen LogP contribution in [0.2, 0.25) is 0 Å². The van der Waals surface area contributed by atoms with Crippen LogP contribution in [0.3, 0.4) is 0 Å². The molecular weight excluding hydrogens is 158 g/mol. The van der Waals surface area contributed by atoms with Gasteiger partial charge in [0.1, 0.15) is 0 Å². The zero-order valence-electron chi connectivity index (χ0n) is 6.66. The Hall–Kier alpha value is -0.900. The monoisotopic (exact) mass is 169 g/mol. The normalized spacial score (nSPS) is 40.9. The van der Waals surface area contributed by atoms with E-state index in [0.717, 1.165) is 19.3 Å². The van der Waals surface area contributed by atoms with Gasteiger partial charge in [0.2, 0.25) is 0 Å². The van der Waals surface area contributed by atoms with Crippen LogP contribution in [-0.2, 0) is 14.3 Å². The summed E-state index contributed by atoms with van der Waals surface area (Å²) in [6.45, 7) is 0. The molecule has 0 radical (unpaired) electrons. The minimum absolute atomic E-state index is 0.178. The minimum Gasteiger partial charge on any atom is -0.393 e. The van der Waals surface area contributed by atoms with Crippen molar-refractivity contribution in [3.05, 3.63) is 0 Å². The van der Waals surface area contributed by atoms with Crippen molar-refractivity contribution in [3.63, 3.8) is 0 Å². The number of esters is 2. The molecule has 2 N–H and O–H groups in total. The summed E-state index contributed by atoms with van der Waals surface area (Å²) in [5, 5.41) is 0. The predicted molar refractivity (Wildman–Crippen MR) is 39.9 cm³/mol. The van der Waals surface area contributed by atoms with E-state index >= 15 is 0 Å². The van der Waals surface area contributed by atoms with Crippen LogP contribution in [0.4, 0.5) is 0 Å². The van der Waals surface area contributed by atoms with Gasteiger partial charge in [-0.15, -0.1) is 0 Å². The molecule has 0 spiro atoms. The van der Waals surface area contributed by atoms with Gasteiger partial charge in [-0.05, 0) is 12.8 Å². The van der Waals surface area contributed by atoms with Crippen LogP contribution in [0, 0.1) is 11.8 Å². The largest absolute Gasteiger partial charge is 0.393 e. The van der Waals surface area contributed by atoms with Crippen LogP contribution in [-0.4, -0.2) is 18.0 Å². The van der Waals surface area contributed by atoms with Crippen molar-refractivity contribution in [2.45, 2.75) is 25.3 Å². The summed E-state index contributed by atoms with van der Waals surface area (Å²) < 4.78 is 4.52. The lowest BCUT2D eigenvalue weighted by atomic mass is 9.78. The molecule has 0 aromatic rings. The first kappa shape index (κ1) is 7.73. The van der Waals surface area contributed by atoms with Gasteiger partial charge < -0.3 is 10.5 Å². The van der Waals surface area contributed by atoms with Crippen molar-refractivity contribution in [2.24, 2.45) is 17.6 Å². The lowest BCUT2D eigenvalue weighted by Gasteiger charge is -2.25. The van der Waals surface area contributed by atoms with Crippen LogP contribution < -0.4 is 5.73 Å². The fourth-order valence-corrected chi connectivity index (χ4v) is 2.08. The van der Waals surface area contributed by atoms with Crippen molar-refractivity contribution in [1.29, 1.82) is 0 Å².